The molecule has 2 nitrogen and oxygen atoms in total. The lowest BCUT2D eigenvalue weighted by Crippen LogP contribution is -1.83. The number of ether oxygens (including phenoxy) is 1. The molecule has 0 aliphatic heterocycles. The summed E-state index contributed by atoms with van der Waals surface area (Å²) in [4.78, 5) is 10.8. The molecule has 0 N–H and O–H groups in total. The van der Waals surface area contributed by atoms with Crippen molar-refractivity contribution in [2.45, 2.75) is 19.3 Å². The number of allylic oxidation sites excluding steroid dienone is 3. The van der Waals surface area contributed by atoms with Crippen LogP contribution in [0.1, 0.15) is 24.8 Å². The Morgan fingerprint density at radius 3 is 2.41 bits per heavy atom. The smallest absolute Gasteiger partial charge is 0.146 e. The molecule has 0 amide bonds. The Labute approximate surface area is 102 Å². The third-order valence-corrected chi connectivity index (χ3v) is 3.04. The Hall–Kier alpha value is -1.83. The molecule has 17 heavy (non-hydrogen) atoms. The van der Waals surface area contributed by atoms with Crippen LogP contribution in [0, 0.1) is 0 Å². The highest BCUT2D eigenvalue weighted by Crippen LogP contribution is 2.26. The zero-order chi connectivity index (χ0) is 12.1. The van der Waals surface area contributed by atoms with Crippen molar-refractivity contribution in [3.63, 3.8) is 0 Å². The summed E-state index contributed by atoms with van der Waals surface area (Å²) in [6, 6.07) is 7.88. The molecule has 1 aliphatic carbocycles. The van der Waals surface area contributed by atoms with E-state index in [2.05, 4.69) is 6.08 Å². The van der Waals surface area contributed by atoms with Crippen LogP contribution in [0.15, 0.2) is 41.5 Å². The highest BCUT2D eigenvalue weighted by molar-refractivity contribution is 5.77. The molecule has 0 saturated carbocycles. The Balaban J connectivity index is 2.12. The number of benzene rings is 1. The van der Waals surface area contributed by atoms with Crippen LogP contribution in [-0.4, -0.2) is 13.4 Å². The van der Waals surface area contributed by atoms with E-state index in [1.807, 2.05) is 30.3 Å². The van der Waals surface area contributed by atoms with Crippen molar-refractivity contribution < 1.29 is 9.53 Å². The molecular formula is C15H16O2. The minimum Gasteiger partial charge on any atom is -0.497 e. The molecular weight excluding hydrogens is 212 g/mol. The Morgan fingerprint density at radius 2 is 1.76 bits per heavy atom. The van der Waals surface area contributed by atoms with Gasteiger partial charge in [-0.2, -0.15) is 0 Å². The van der Waals surface area contributed by atoms with Crippen LogP contribution in [0.4, 0.5) is 0 Å². The summed E-state index contributed by atoms with van der Waals surface area (Å²) >= 11 is 0. The molecule has 2 heteroatoms. The van der Waals surface area contributed by atoms with Gasteiger partial charge in [-0.1, -0.05) is 24.3 Å². The van der Waals surface area contributed by atoms with Crippen molar-refractivity contribution in [2.75, 3.05) is 7.11 Å². The van der Waals surface area contributed by atoms with E-state index in [4.69, 9.17) is 4.74 Å². The summed E-state index contributed by atoms with van der Waals surface area (Å²) in [5, 5.41) is 0. The second-order valence-corrected chi connectivity index (χ2v) is 4.13. The van der Waals surface area contributed by atoms with Gasteiger partial charge in [-0.05, 0) is 48.1 Å². The van der Waals surface area contributed by atoms with E-state index in [0.29, 0.717) is 0 Å². The van der Waals surface area contributed by atoms with E-state index in [9.17, 15) is 4.79 Å². The number of hydrogen-bond donors (Lipinski definition) is 0. The maximum absolute atomic E-state index is 10.8. The first-order valence-corrected chi connectivity index (χ1v) is 5.83. The van der Waals surface area contributed by atoms with Gasteiger partial charge in [0.2, 0.25) is 0 Å². The zero-order valence-corrected chi connectivity index (χ0v) is 9.98. The van der Waals surface area contributed by atoms with Crippen LogP contribution in [-0.2, 0) is 4.79 Å². The third kappa shape index (κ3) is 2.84. The first-order chi connectivity index (χ1) is 8.33. The summed E-state index contributed by atoms with van der Waals surface area (Å²) in [7, 11) is 1.66. The van der Waals surface area contributed by atoms with Gasteiger partial charge in [0.15, 0.2) is 0 Å². The molecule has 0 spiro atoms. The van der Waals surface area contributed by atoms with Crippen molar-refractivity contribution in [1.29, 1.82) is 0 Å². The average molecular weight is 228 g/mol. The van der Waals surface area contributed by atoms with Crippen LogP contribution >= 0.6 is 0 Å². The molecule has 0 bridgehead atoms. The standard InChI is InChI=1S/C15H16O2/c1-17-15-9-6-12(7-10-15)5-8-13-3-2-4-14(13)11-16/h5-11H,2-4H2,1H3. The topological polar surface area (TPSA) is 26.3 Å². The first kappa shape index (κ1) is 11.6. The molecule has 0 heterocycles. The highest BCUT2D eigenvalue weighted by Gasteiger charge is 2.10. The van der Waals surface area contributed by atoms with Gasteiger partial charge in [0.25, 0.3) is 0 Å². The quantitative estimate of drug-likeness (QED) is 0.738. The maximum atomic E-state index is 10.8. The second-order valence-electron chi connectivity index (χ2n) is 4.13. The van der Waals surface area contributed by atoms with Gasteiger partial charge in [-0.3, -0.25) is 4.79 Å². The van der Waals surface area contributed by atoms with Crippen LogP contribution in [0.3, 0.4) is 0 Å². The summed E-state index contributed by atoms with van der Waals surface area (Å²) in [6.45, 7) is 0. The van der Waals surface area contributed by atoms with Crippen LogP contribution < -0.4 is 4.74 Å². The van der Waals surface area contributed by atoms with Crippen molar-refractivity contribution in [3.8, 4) is 5.75 Å². The fourth-order valence-electron chi connectivity index (χ4n) is 2.03. The molecule has 2 rings (SSSR count). The number of methoxy groups -OCH3 is 1. The van der Waals surface area contributed by atoms with E-state index in [1.54, 1.807) is 7.11 Å². The van der Waals surface area contributed by atoms with Crippen LogP contribution in [0.2, 0.25) is 0 Å². The first-order valence-electron chi connectivity index (χ1n) is 5.83. The molecule has 0 atom stereocenters. The van der Waals surface area contributed by atoms with Gasteiger partial charge in [0.1, 0.15) is 12.0 Å². The lowest BCUT2D eigenvalue weighted by Gasteiger charge is -1.99. The number of rotatable bonds is 4. The van der Waals surface area contributed by atoms with Crippen LogP contribution in [0.5, 0.6) is 5.75 Å². The lowest BCUT2D eigenvalue weighted by molar-refractivity contribution is -0.105. The van der Waals surface area contributed by atoms with Crippen LogP contribution in [0.25, 0.3) is 6.08 Å². The monoisotopic (exact) mass is 228 g/mol. The van der Waals surface area contributed by atoms with Gasteiger partial charge >= 0.3 is 0 Å². The number of carbonyl (C=O) groups excluding carboxylic acids is 1. The van der Waals surface area contributed by atoms with Crippen molar-refractivity contribution in [1.82, 2.24) is 0 Å². The molecule has 0 aromatic heterocycles. The van der Waals surface area contributed by atoms with E-state index in [1.165, 1.54) is 5.57 Å². The van der Waals surface area contributed by atoms with Gasteiger partial charge in [0, 0.05) is 0 Å². The molecule has 88 valence electrons. The number of hydrogen-bond acceptors (Lipinski definition) is 2. The normalized spacial score (nSPS) is 15.6. The molecule has 0 unspecified atom stereocenters. The third-order valence-electron chi connectivity index (χ3n) is 3.04. The van der Waals surface area contributed by atoms with E-state index < -0.39 is 0 Å². The van der Waals surface area contributed by atoms with Gasteiger partial charge < -0.3 is 4.74 Å². The van der Waals surface area contributed by atoms with Gasteiger partial charge in [-0.15, -0.1) is 0 Å². The minimum absolute atomic E-state index is 0.857. The predicted molar refractivity (Wildman–Crippen MR) is 69.0 cm³/mol. The molecule has 1 aromatic carbocycles. The maximum Gasteiger partial charge on any atom is 0.146 e. The van der Waals surface area contributed by atoms with Gasteiger partial charge in [0.05, 0.1) is 7.11 Å². The zero-order valence-electron chi connectivity index (χ0n) is 9.98. The number of aldehydes is 1. The van der Waals surface area contributed by atoms with Crippen molar-refractivity contribution >= 4 is 12.4 Å². The second kappa shape index (κ2) is 5.48. The fourth-order valence-corrected chi connectivity index (χ4v) is 2.03. The summed E-state index contributed by atoms with van der Waals surface area (Å²) < 4.78 is 5.10. The number of carbonyl (C=O) groups is 1. The Bertz CT molecular complexity index is 452. The molecule has 1 aliphatic rings. The van der Waals surface area contributed by atoms with E-state index in [-0.39, 0.29) is 0 Å². The predicted octanol–water partition coefficient (Wildman–Crippen LogP) is 3.39. The van der Waals surface area contributed by atoms with Crippen molar-refractivity contribution in [2.24, 2.45) is 0 Å². The highest BCUT2D eigenvalue weighted by atomic mass is 16.5. The van der Waals surface area contributed by atoms with E-state index in [0.717, 1.165) is 42.4 Å². The largest absolute Gasteiger partial charge is 0.497 e. The van der Waals surface area contributed by atoms with Crippen molar-refractivity contribution in [3.05, 3.63) is 47.1 Å². The summed E-state index contributed by atoms with van der Waals surface area (Å²) in [6.07, 6.45) is 8.12. The lowest BCUT2D eigenvalue weighted by atomic mass is 10.1. The summed E-state index contributed by atoms with van der Waals surface area (Å²) in [5.74, 6) is 0.857. The minimum atomic E-state index is 0.857. The molecule has 0 saturated heterocycles. The fraction of sp³-hybridized carbons (Fsp3) is 0.267. The Kier molecular flexibility index (Phi) is 3.76. The van der Waals surface area contributed by atoms with Gasteiger partial charge in [-0.25, -0.2) is 0 Å². The SMILES string of the molecule is COc1ccc(C=CC2=C(C=O)CCC2)cc1. The Morgan fingerprint density at radius 1 is 1.06 bits per heavy atom. The van der Waals surface area contributed by atoms with E-state index >= 15 is 0 Å². The summed E-state index contributed by atoms with van der Waals surface area (Å²) in [5.41, 5.74) is 3.25. The molecule has 0 radical (unpaired) electrons. The molecule has 0 fully saturated rings. The molecule has 1 aromatic rings. The average Bonchev–Trinajstić information content (AvgIpc) is 2.84.